The van der Waals surface area contributed by atoms with E-state index < -0.39 is 0 Å². The molecule has 0 heterocycles. The molecule has 2 rings (SSSR count). The molecule has 0 spiro atoms. The van der Waals surface area contributed by atoms with Gasteiger partial charge in [0.2, 0.25) is 0 Å². The molecule has 0 amide bonds. The summed E-state index contributed by atoms with van der Waals surface area (Å²) in [7, 11) is 0. The zero-order valence-electron chi connectivity index (χ0n) is 9.93. The minimum Gasteiger partial charge on any atom is -0.306 e. The van der Waals surface area contributed by atoms with Crippen LogP contribution in [0.1, 0.15) is 36.8 Å². The third-order valence-corrected chi connectivity index (χ3v) is 4.08. The van der Waals surface area contributed by atoms with Crippen molar-refractivity contribution in [1.29, 1.82) is 0 Å². The van der Waals surface area contributed by atoms with E-state index in [1.165, 1.54) is 36.8 Å². The molecule has 1 aromatic rings. The van der Waals surface area contributed by atoms with Crippen molar-refractivity contribution in [2.75, 3.05) is 5.88 Å². The summed E-state index contributed by atoms with van der Waals surface area (Å²) in [5.41, 5.74) is 2.88. The number of hydrogen-bond acceptors (Lipinski definition) is 1. The van der Waals surface area contributed by atoms with E-state index in [-0.39, 0.29) is 5.54 Å². The SMILES string of the molecule is Cc1cccc(CNC2(CCl)CCCC2)c1. The van der Waals surface area contributed by atoms with E-state index in [1.807, 2.05) is 0 Å². The molecular formula is C14H20ClN. The van der Waals surface area contributed by atoms with Gasteiger partial charge in [0.05, 0.1) is 0 Å². The molecule has 1 nitrogen and oxygen atoms in total. The predicted molar refractivity (Wildman–Crippen MR) is 69.9 cm³/mol. The van der Waals surface area contributed by atoms with Crippen LogP contribution in [0.2, 0.25) is 0 Å². The van der Waals surface area contributed by atoms with E-state index in [9.17, 15) is 0 Å². The largest absolute Gasteiger partial charge is 0.306 e. The normalized spacial score (nSPS) is 18.9. The average Bonchev–Trinajstić information content (AvgIpc) is 2.76. The van der Waals surface area contributed by atoms with Crippen LogP contribution < -0.4 is 5.32 Å². The molecule has 0 aromatic heterocycles. The Balaban J connectivity index is 1.95. The fourth-order valence-corrected chi connectivity index (χ4v) is 2.88. The summed E-state index contributed by atoms with van der Waals surface area (Å²) >= 11 is 6.10. The lowest BCUT2D eigenvalue weighted by Gasteiger charge is -2.28. The van der Waals surface area contributed by atoms with Gasteiger partial charge in [0, 0.05) is 18.0 Å². The predicted octanol–water partition coefficient (Wildman–Crippen LogP) is 3.64. The van der Waals surface area contributed by atoms with Crippen molar-refractivity contribution in [2.24, 2.45) is 0 Å². The highest BCUT2D eigenvalue weighted by molar-refractivity contribution is 6.18. The second-order valence-corrected chi connectivity index (χ2v) is 5.23. The van der Waals surface area contributed by atoms with Crippen LogP contribution >= 0.6 is 11.6 Å². The first-order valence-electron chi connectivity index (χ1n) is 6.11. The van der Waals surface area contributed by atoms with Crippen molar-refractivity contribution in [2.45, 2.75) is 44.7 Å². The minimum absolute atomic E-state index is 0.200. The molecule has 0 aliphatic heterocycles. The number of rotatable bonds is 4. The van der Waals surface area contributed by atoms with Gasteiger partial charge in [-0.3, -0.25) is 0 Å². The summed E-state index contributed by atoms with van der Waals surface area (Å²) in [5, 5.41) is 3.66. The molecule has 1 aliphatic carbocycles. The highest BCUT2D eigenvalue weighted by Crippen LogP contribution is 2.30. The van der Waals surface area contributed by atoms with Crippen LogP contribution in [0.3, 0.4) is 0 Å². The van der Waals surface area contributed by atoms with Gasteiger partial charge < -0.3 is 5.32 Å². The summed E-state index contributed by atoms with van der Waals surface area (Å²) in [6, 6.07) is 8.67. The summed E-state index contributed by atoms with van der Waals surface area (Å²) < 4.78 is 0. The van der Waals surface area contributed by atoms with E-state index in [0.717, 1.165) is 12.4 Å². The zero-order chi connectivity index (χ0) is 11.4. The molecule has 16 heavy (non-hydrogen) atoms. The third kappa shape index (κ3) is 2.78. The average molecular weight is 238 g/mol. The molecule has 1 fully saturated rings. The highest BCUT2D eigenvalue weighted by Gasteiger charge is 2.31. The smallest absolute Gasteiger partial charge is 0.0406 e. The quantitative estimate of drug-likeness (QED) is 0.789. The molecule has 0 bridgehead atoms. The van der Waals surface area contributed by atoms with Crippen LogP contribution in [0.4, 0.5) is 0 Å². The number of aryl methyl sites for hydroxylation is 1. The molecule has 1 saturated carbocycles. The van der Waals surface area contributed by atoms with Crippen LogP contribution in [0, 0.1) is 6.92 Å². The number of nitrogens with one attached hydrogen (secondary N) is 1. The molecule has 1 aromatic carbocycles. The molecule has 0 atom stereocenters. The maximum atomic E-state index is 6.10. The van der Waals surface area contributed by atoms with Gasteiger partial charge in [0.1, 0.15) is 0 Å². The molecule has 1 aliphatic rings. The minimum atomic E-state index is 0.200. The van der Waals surface area contributed by atoms with Gasteiger partial charge in [0.25, 0.3) is 0 Å². The van der Waals surface area contributed by atoms with Gasteiger partial charge in [-0.1, -0.05) is 42.7 Å². The Morgan fingerprint density at radius 1 is 1.31 bits per heavy atom. The maximum Gasteiger partial charge on any atom is 0.0406 e. The van der Waals surface area contributed by atoms with Gasteiger partial charge in [-0.05, 0) is 25.3 Å². The molecule has 2 heteroatoms. The third-order valence-electron chi connectivity index (χ3n) is 3.57. The number of alkyl halides is 1. The van der Waals surface area contributed by atoms with Gasteiger partial charge in [0.15, 0.2) is 0 Å². The van der Waals surface area contributed by atoms with E-state index in [0.29, 0.717) is 0 Å². The van der Waals surface area contributed by atoms with Crippen molar-refractivity contribution >= 4 is 11.6 Å². The van der Waals surface area contributed by atoms with Crippen LogP contribution in [0.15, 0.2) is 24.3 Å². The van der Waals surface area contributed by atoms with E-state index in [4.69, 9.17) is 11.6 Å². The van der Waals surface area contributed by atoms with Crippen molar-refractivity contribution in [1.82, 2.24) is 5.32 Å². The Labute approximate surface area is 103 Å². The van der Waals surface area contributed by atoms with E-state index in [1.54, 1.807) is 0 Å². The number of halogens is 1. The van der Waals surface area contributed by atoms with Crippen molar-refractivity contribution in [3.63, 3.8) is 0 Å². The van der Waals surface area contributed by atoms with Crippen LogP contribution in [0.5, 0.6) is 0 Å². The highest BCUT2D eigenvalue weighted by atomic mass is 35.5. The summed E-state index contributed by atoms with van der Waals surface area (Å²) in [6.45, 7) is 3.07. The van der Waals surface area contributed by atoms with Gasteiger partial charge in [-0.2, -0.15) is 0 Å². The lowest BCUT2D eigenvalue weighted by molar-refractivity contribution is 0.368. The van der Waals surface area contributed by atoms with Crippen molar-refractivity contribution in [3.8, 4) is 0 Å². The molecular weight excluding hydrogens is 218 g/mol. The Morgan fingerprint density at radius 3 is 2.69 bits per heavy atom. The Bertz CT molecular complexity index is 342. The van der Waals surface area contributed by atoms with E-state index >= 15 is 0 Å². The summed E-state index contributed by atoms with van der Waals surface area (Å²) in [5.74, 6) is 0.735. The lowest BCUT2D eigenvalue weighted by atomic mass is 10.00. The number of benzene rings is 1. The Morgan fingerprint density at radius 2 is 2.06 bits per heavy atom. The number of hydrogen-bond donors (Lipinski definition) is 1. The Kier molecular flexibility index (Phi) is 3.88. The first kappa shape index (κ1) is 11.9. The second-order valence-electron chi connectivity index (χ2n) is 4.96. The van der Waals surface area contributed by atoms with Crippen molar-refractivity contribution in [3.05, 3.63) is 35.4 Å². The van der Waals surface area contributed by atoms with Crippen LogP contribution in [-0.2, 0) is 6.54 Å². The topological polar surface area (TPSA) is 12.0 Å². The zero-order valence-corrected chi connectivity index (χ0v) is 10.7. The summed E-state index contributed by atoms with van der Waals surface area (Å²) in [4.78, 5) is 0. The summed E-state index contributed by atoms with van der Waals surface area (Å²) in [6.07, 6.45) is 5.08. The van der Waals surface area contributed by atoms with Gasteiger partial charge >= 0.3 is 0 Å². The monoisotopic (exact) mass is 237 g/mol. The molecule has 0 radical (unpaired) electrons. The molecule has 0 unspecified atom stereocenters. The van der Waals surface area contributed by atoms with Gasteiger partial charge in [-0.25, -0.2) is 0 Å². The fraction of sp³-hybridized carbons (Fsp3) is 0.571. The van der Waals surface area contributed by atoms with Crippen LogP contribution in [-0.4, -0.2) is 11.4 Å². The first-order valence-corrected chi connectivity index (χ1v) is 6.64. The Hall–Kier alpha value is -0.530. The maximum absolute atomic E-state index is 6.10. The van der Waals surface area contributed by atoms with Crippen molar-refractivity contribution < 1.29 is 0 Å². The van der Waals surface area contributed by atoms with E-state index in [2.05, 4.69) is 36.5 Å². The second kappa shape index (κ2) is 5.20. The standard InChI is InChI=1S/C14H20ClN/c1-12-5-4-6-13(9-12)10-16-14(11-15)7-2-3-8-14/h4-6,9,16H,2-3,7-8,10-11H2,1H3. The van der Waals surface area contributed by atoms with Crippen LogP contribution in [0.25, 0.3) is 0 Å². The molecule has 1 N–H and O–H groups in total. The van der Waals surface area contributed by atoms with Gasteiger partial charge in [-0.15, -0.1) is 11.6 Å². The fourth-order valence-electron chi connectivity index (χ4n) is 2.52. The molecule has 88 valence electrons. The first-order chi connectivity index (χ1) is 7.74. The lowest BCUT2D eigenvalue weighted by Crippen LogP contribution is -2.43. The molecule has 0 saturated heterocycles.